The molecule has 36 heavy (non-hydrogen) atoms. The highest BCUT2D eigenvalue weighted by molar-refractivity contribution is 5.33. The number of phenols is 1. The first-order chi connectivity index (χ1) is 17.7. The van der Waals surface area contributed by atoms with Crippen molar-refractivity contribution >= 4 is 0 Å². The minimum absolute atomic E-state index is 0.322. The average molecular weight is 490 g/mol. The minimum atomic E-state index is 0.322. The fourth-order valence-electron chi connectivity index (χ4n) is 2.84. The first-order valence-electron chi connectivity index (χ1n) is 12.3. The highest BCUT2D eigenvalue weighted by Crippen LogP contribution is 2.18. The number of nitrogens with zero attached hydrogens (tertiary/aromatic N) is 3. The van der Waals surface area contributed by atoms with E-state index in [4.69, 9.17) is 14.6 Å². The van der Waals surface area contributed by atoms with E-state index < -0.39 is 0 Å². The molecule has 0 amide bonds. The van der Waals surface area contributed by atoms with E-state index in [1.807, 2.05) is 42.5 Å². The lowest BCUT2D eigenvalue weighted by Crippen LogP contribution is -1.99. The number of aromatic nitrogens is 3. The molecule has 0 aliphatic carbocycles. The SMILES string of the molecule is CCCCCCOc1ccccc1CC.COc1ccccc1.Oc1ccccc1.c1cnnnc1. The van der Waals surface area contributed by atoms with Crippen LogP contribution in [0.2, 0.25) is 0 Å². The second-order valence-electron chi connectivity index (χ2n) is 7.53. The molecule has 0 spiro atoms. The average Bonchev–Trinajstić information content (AvgIpc) is 2.96. The second kappa shape index (κ2) is 21.6. The largest absolute Gasteiger partial charge is 0.508 e. The summed E-state index contributed by atoms with van der Waals surface area (Å²) in [7, 11) is 1.66. The number of rotatable bonds is 8. The molecule has 6 heteroatoms. The van der Waals surface area contributed by atoms with E-state index in [2.05, 4.69) is 47.5 Å². The third-order valence-electron chi connectivity index (χ3n) is 4.75. The van der Waals surface area contributed by atoms with Crippen molar-refractivity contribution in [3.63, 3.8) is 0 Å². The zero-order valence-corrected chi connectivity index (χ0v) is 21.7. The molecular weight excluding hydrogens is 450 g/mol. The number of hydrogen-bond acceptors (Lipinski definition) is 6. The third-order valence-corrected chi connectivity index (χ3v) is 4.75. The van der Waals surface area contributed by atoms with Crippen LogP contribution in [-0.4, -0.2) is 34.2 Å². The highest BCUT2D eigenvalue weighted by atomic mass is 16.5. The van der Waals surface area contributed by atoms with E-state index in [9.17, 15) is 0 Å². The van der Waals surface area contributed by atoms with Crippen LogP contribution in [0.15, 0.2) is 103 Å². The summed E-state index contributed by atoms with van der Waals surface area (Å²) < 4.78 is 10.7. The third kappa shape index (κ3) is 15.8. The molecule has 3 aromatic carbocycles. The number of aromatic hydroxyl groups is 1. The van der Waals surface area contributed by atoms with Crippen molar-refractivity contribution in [3.8, 4) is 17.2 Å². The summed E-state index contributed by atoms with van der Waals surface area (Å²) in [5, 5.41) is 18.8. The molecule has 0 aliphatic heterocycles. The van der Waals surface area contributed by atoms with Gasteiger partial charge in [0.15, 0.2) is 0 Å². The summed E-state index contributed by atoms with van der Waals surface area (Å²) in [4.78, 5) is 0. The number of phenolic OH excluding ortho intramolecular Hbond substituents is 1. The van der Waals surface area contributed by atoms with Gasteiger partial charge in [0.1, 0.15) is 17.2 Å². The fraction of sp³-hybridized carbons (Fsp3) is 0.300. The van der Waals surface area contributed by atoms with Gasteiger partial charge in [-0.1, -0.05) is 87.7 Å². The molecule has 0 aliphatic rings. The Kier molecular flexibility index (Phi) is 18.1. The van der Waals surface area contributed by atoms with Crippen LogP contribution in [0.3, 0.4) is 0 Å². The Hall–Kier alpha value is -3.93. The van der Waals surface area contributed by atoms with Crippen molar-refractivity contribution in [1.29, 1.82) is 0 Å². The maximum absolute atomic E-state index is 8.63. The second-order valence-corrected chi connectivity index (χ2v) is 7.53. The summed E-state index contributed by atoms with van der Waals surface area (Å²) in [5.74, 6) is 2.30. The van der Waals surface area contributed by atoms with Crippen molar-refractivity contribution in [2.45, 2.75) is 46.0 Å². The molecule has 1 aromatic heterocycles. The van der Waals surface area contributed by atoms with E-state index >= 15 is 0 Å². The molecule has 192 valence electrons. The predicted octanol–water partition coefficient (Wildman–Crippen LogP) is 7.17. The molecule has 0 unspecified atom stereocenters. The number of hydrogen-bond donors (Lipinski definition) is 1. The van der Waals surface area contributed by atoms with Crippen LogP contribution in [0.1, 0.15) is 45.1 Å². The Morgan fingerprint density at radius 3 is 1.75 bits per heavy atom. The molecule has 4 rings (SSSR count). The van der Waals surface area contributed by atoms with Gasteiger partial charge in [0, 0.05) is 0 Å². The minimum Gasteiger partial charge on any atom is -0.508 e. The first kappa shape index (κ1) is 30.1. The smallest absolute Gasteiger partial charge is 0.122 e. The van der Waals surface area contributed by atoms with Gasteiger partial charge < -0.3 is 14.6 Å². The molecule has 0 fully saturated rings. The predicted molar refractivity (Wildman–Crippen MR) is 146 cm³/mol. The van der Waals surface area contributed by atoms with Crippen LogP contribution in [-0.2, 0) is 6.42 Å². The van der Waals surface area contributed by atoms with Crippen LogP contribution in [0.5, 0.6) is 17.2 Å². The van der Waals surface area contributed by atoms with E-state index in [-0.39, 0.29) is 0 Å². The van der Waals surface area contributed by atoms with Gasteiger partial charge in [-0.2, -0.15) is 0 Å². The fourth-order valence-corrected chi connectivity index (χ4v) is 2.84. The van der Waals surface area contributed by atoms with Crippen molar-refractivity contribution in [1.82, 2.24) is 15.4 Å². The van der Waals surface area contributed by atoms with Gasteiger partial charge in [-0.25, -0.2) is 0 Å². The van der Waals surface area contributed by atoms with Gasteiger partial charge >= 0.3 is 0 Å². The van der Waals surface area contributed by atoms with Crippen molar-refractivity contribution < 1.29 is 14.6 Å². The number of methoxy groups -OCH3 is 1. The molecule has 6 nitrogen and oxygen atoms in total. The Balaban J connectivity index is 0.000000259. The number of aryl methyl sites for hydroxylation is 1. The number of benzene rings is 3. The number of ether oxygens (including phenoxy) is 2. The molecule has 0 bridgehead atoms. The maximum atomic E-state index is 8.63. The molecule has 4 aromatic rings. The van der Waals surface area contributed by atoms with Crippen LogP contribution >= 0.6 is 0 Å². The number of para-hydroxylation sites is 3. The van der Waals surface area contributed by atoms with Crippen LogP contribution in [0.25, 0.3) is 0 Å². The van der Waals surface area contributed by atoms with E-state index in [1.165, 1.54) is 31.2 Å². The Labute approximate surface area is 216 Å². The van der Waals surface area contributed by atoms with Crippen molar-refractivity contribution in [2.75, 3.05) is 13.7 Å². The van der Waals surface area contributed by atoms with Crippen LogP contribution in [0, 0.1) is 0 Å². The standard InChI is InChI=1S/C14H22O.C7H8O.C6H6O.C3H3N3/c1-3-5-6-9-12-15-14-11-8-7-10-13(14)4-2;1-8-7-5-3-2-4-6-7;7-6-4-2-1-3-5-6;1-2-4-6-5-3-1/h7-8,10-11H,3-6,9,12H2,1-2H3;2-6H,1H3;1-5,7H;1-3H. The normalized spacial score (nSPS) is 9.19. The molecule has 0 saturated heterocycles. The topological polar surface area (TPSA) is 77.4 Å². The van der Waals surface area contributed by atoms with Crippen LogP contribution < -0.4 is 9.47 Å². The summed E-state index contributed by atoms with van der Waals surface area (Å²) in [6.07, 6.45) is 9.26. The Bertz CT molecular complexity index is 961. The van der Waals surface area contributed by atoms with E-state index in [0.717, 1.165) is 24.5 Å². The van der Waals surface area contributed by atoms with Gasteiger partial charge in [0.2, 0.25) is 0 Å². The lowest BCUT2D eigenvalue weighted by atomic mass is 10.1. The van der Waals surface area contributed by atoms with Crippen molar-refractivity contribution in [3.05, 3.63) is 109 Å². The monoisotopic (exact) mass is 489 g/mol. The number of unbranched alkanes of at least 4 members (excludes halogenated alkanes) is 3. The zero-order valence-electron chi connectivity index (χ0n) is 21.7. The van der Waals surface area contributed by atoms with Gasteiger partial charge in [-0.15, -0.1) is 10.2 Å². The molecule has 1 heterocycles. The molecule has 0 atom stereocenters. The van der Waals surface area contributed by atoms with Crippen molar-refractivity contribution in [2.24, 2.45) is 0 Å². The maximum Gasteiger partial charge on any atom is 0.122 e. The molecule has 1 N–H and O–H groups in total. The van der Waals surface area contributed by atoms with Gasteiger partial charge in [0.25, 0.3) is 0 Å². The lowest BCUT2D eigenvalue weighted by molar-refractivity contribution is 0.302. The van der Waals surface area contributed by atoms with Crippen LogP contribution in [0.4, 0.5) is 0 Å². The zero-order chi connectivity index (χ0) is 26.1. The Morgan fingerprint density at radius 2 is 1.31 bits per heavy atom. The van der Waals surface area contributed by atoms with Gasteiger partial charge in [-0.3, -0.25) is 0 Å². The Morgan fingerprint density at radius 1 is 0.694 bits per heavy atom. The quantitative estimate of drug-likeness (QED) is 0.264. The summed E-state index contributed by atoms with van der Waals surface area (Å²) >= 11 is 0. The van der Waals surface area contributed by atoms with E-state index in [1.54, 1.807) is 49.8 Å². The summed E-state index contributed by atoms with van der Waals surface area (Å²) in [6, 6.07) is 28.4. The first-order valence-corrected chi connectivity index (χ1v) is 12.3. The lowest BCUT2D eigenvalue weighted by Gasteiger charge is -2.09. The van der Waals surface area contributed by atoms with Gasteiger partial charge in [0.05, 0.1) is 26.1 Å². The van der Waals surface area contributed by atoms with Gasteiger partial charge in [-0.05, 0) is 60.0 Å². The molecule has 0 saturated carbocycles. The summed E-state index contributed by atoms with van der Waals surface area (Å²) in [6.45, 7) is 5.25. The molecular formula is C30H39N3O3. The molecule has 0 radical (unpaired) electrons. The highest BCUT2D eigenvalue weighted by Gasteiger charge is 1.99. The summed E-state index contributed by atoms with van der Waals surface area (Å²) in [5.41, 5.74) is 1.31. The van der Waals surface area contributed by atoms with E-state index in [0.29, 0.717) is 5.75 Å².